The summed E-state index contributed by atoms with van der Waals surface area (Å²) in [5, 5.41) is 5.55. The number of nitrogens with one attached hydrogen (secondary N) is 2. The van der Waals surface area contributed by atoms with Crippen molar-refractivity contribution in [2.24, 2.45) is 0 Å². The van der Waals surface area contributed by atoms with E-state index in [0.717, 1.165) is 6.42 Å². The number of rotatable bonds is 4. The minimum atomic E-state index is -1.21. The van der Waals surface area contributed by atoms with E-state index in [0.29, 0.717) is 24.3 Å². The van der Waals surface area contributed by atoms with Gasteiger partial charge in [-0.25, -0.2) is 8.51 Å². The minimum absolute atomic E-state index is 0.141. The first-order chi connectivity index (χ1) is 11.2. The Morgan fingerprint density at radius 3 is 2.17 bits per heavy atom. The third kappa shape index (κ3) is 4.64. The zero-order valence-electron chi connectivity index (χ0n) is 14.6. The highest BCUT2D eigenvalue weighted by atomic mass is 32.2. The monoisotopic (exact) mass is 351 g/mol. The molecule has 24 heavy (non-hydrogen) atoms. The largest absolute Gasteiger partial charge is 0.326 e. The Morgan fingerprint density at radius 2 is 1.67 bits per heavy atom. The summed E-state index contributed by atoms with van der Waals surface area (Å²) >= 11 is 0. The quantitative estimate of drug-likeness (QED) is 0.875. The lowest BCUT2D eigenvalue weighted by molar-refractivity contribution is -0.119. The van der Waals surface area contributed by atoms with Gasteiger partial charge in [-0.05, 0) is 57.9 Å². The summed E-state index contributed by atoms with van der Waals surface area (Å²) in [6.45, 7) is 7.86. The Balaban J connectivity index is 2.03. The summed E-state index contributed by atoms with van der Waals surface area (Å²) in [4.78, 5) is 23.6. The van der Waals surface area contributed by atoms with Gasteiger partial charge in [0.25, 0.3) is 0 Å². The third-order valence-corrected chi connectivity index (χ3v) is 5.63. The first-order valence-electron chi connectivity index (χ1n) is 8.05. The molecule has 2 unspecified atom stereocenters. The molecular formula is C17H25N3O3S. The molecule has 2 N–H and O–H groups in total. The molecule has 7 heteroatoms. The zero-order valence-corrected chi connectivity index (χ0v) is 15.4. The van der Waals surface area contributed by atoms with Crippen LogP contribution in [0.2, 0.25) is 0 Å². The Labute approximate surface area is 145 Å². The normalized spacial score (nSPS) is 19.8. The maximum atomic E-state index is 12.6. The molecule has 2 atom stereocenters. The number of benzene rings is 1. The summed E-state index contributed by atoms with van der Waals surface area (Å²) in [5.41, 5.74) is 1.33. The highest BCUT2D eigenvalue weighted by Crippen LogP contribution is 2.26. The lowest BCUT2D eigenvalue weighted by Gasteiger charge is -2.29. The Morgan fingerprint density at radius 1 is 1.12 bits per heavy atom. The van der Waals surface area contributed by atoms with Gasteiger partial charge < -0.3 is 10.6 Å². The van der Waals surface area contributed by atoms with E-state index < -0.39 is 11.0 Å². The summed E-state index contributed by atoms with van der Waals surface area (Å²) in [6.07, 6.45) is 1.57. The fraction of sp³-hybridized carbons (Fsp3) is 0.529. The maximum Gasteiger partial charge on any atom is 0.242 e. The van der Waals surface area contributed by atoms with E-state index in [1.807, 2.05) is 20.8 Å². The molecular weight excluding hydrogens is 326 g/mol. The van der Waals surface area contributed by atoms with Crippen molar-refractivity contribution in [2.45, 2.75) is 51.3 Å². The molecule has 0 bridgehead atoms. The third-order valence-electron chi connectivity index (χ3n) is 3.72. The number of carbonyl (C=O) groups is 2. The van der Waals surface area contributed by atoms with E-state index in [2.05, 4.69) is 10.6 Å². The highest BCUT2D eigenvalue weighted by Gasteiger charge is 2.38. The molecule has 1 heterocycles. The van der Waals surface area contributed by atoms with Crippen LogP contribution in [0.15, 0.2) is 24.3 Å². The second-order valence-electron chi connectivity index (χ2n) is 6.91. The average Bonchev–Trinajstić information content (AvgIpc) is 2.96. The van der Waals surface area contributed by atoms with Gasteiger partial charge in [-0.1, -0.05) is 0 Å². The van der Waals surface area contributed by atoms with Crippen molar-refractivity contribution in [3.8, 4) is 0 Å². The molecule has 1 saturated heterocycles. The molecule has 1 aromatic carbocycles. The molecule has 0 saturated carbocycles. The van der Waals surface area contributed by atoms with Crippen molar-refractivity contribution in [3.05, 3.63) is 24.3 Å². The smallest absolute Gasteiger partial charge is 0.242 e. The van der Waals surface area contributed by atoms with E-state index in [1.54, 1.807) is 28.6 Å². The van der Waals surface area contributed by atoms with Crippen LogP contribution in [0.1, 0.15) is 40.5 Å². The summed E-state index contributed by atoms with van der Waals surface area (Å²) in [7, 11) is -1.21. The van der Waals surface area contributed by atoms with Crippen LogP contribution in [-0.2, 0) is 20.6 Å². The first-order valence-corrected chi connectivity index (χ1v) is 9.16. The number of amides is 2. The van der Waals surface area contributed by atoms with Crippen molar-refractivity contribution >= 4 is 34.2 Å². The molecule has 1 aliphatic heterocycles. The van der Waals surface area contributed by atoms with Crippen LogP contribution < -0.4 is 10.6 Å². The molecule has 1 fully saturated rings. The predicted molar refractivity (Wildman–Crippen MR) is 97.0 cm³/mol. The lowest BCUT2D eigenvalue weighted by Crippen LogP contribution is -2.45. The molecule has 0 radical (unpaired) electrons. The fourth-order valence-electron chi connectivity index (χ4n) is 2.62. The van der Waals surface area contributed by atoms with Crippen LogP contribution in [-0.4, -0.2) is 37.7 Å². The molecule has 0 aliphatic carbocycles. The van der Waals surface area contributed by atoms with Crippen LogP contribution in [0.25, 0.3) is 0 Å². The average molecular weight is 351 g/mol. The molecule has 0 aromatic heterocycles. The summed E-state index contributed by atoms with van der Waals surface area (Å²) in [5.74, 6) is -0.282. The Kier molecular flexibility index (Phi) is 5.77. The highest BCUT2D eigenvalue weighted by molar-refractivity contribution is 7.84. The number of anilines is 2. The Bertz CT molecular complexity index is 637. The molecule has 1 aliphatic rings. The number of carbonyl (C=O) groups excluding carboxylic acids is 2. The van der Waals surface area contributed by atoms with Crippen LogP contribution in [0.4, 0.5) is 11.4 Å². The van der Waals surface area contributed by atoms with Crippen molar-refractivity contribution in [2.75, 3.05) is 17.2 Å². The van der Waals surface area contributed by atoms with Gasteiger partial charge in [-0.3, -0.25) is 9.59 Å². The van der Waals surface area contributed by atoms with Gasteiger partial charge >= 0.3 is 0 Å². The van der Waals surface area contributed by atoms with E-state index in [1.165, 1.54) is 6.92 Å². The van der Waals surface area contributed by atoms with Crippen molar-refractivity contribution in [3.63, 3.8) is 0 Å². The van der Waals surface area contributed by atoms with E-state index in [-0.39, 0.29) is 22.6 Å². The predicted octanol–water partition coefficient (Wildman–Crippen LogP) is 2.51. The van der Waals surface area contributed by atoms with Crippen molar-refractivity contribution < 1.29 is 13.8 Å². The summed E-state index contributed by atoms with van der Waals surface area (Å²) in [6, 6.07) is 6.57. The number of nitrogens with zero attached hydrogens (tertiary/aromatic N) is 1. The van der Waals surface area contributed by atoms with Gasteiger partial charge in [-0.15, -0.1) is 0 Å². The molecule has 2 rings (SSSR count). The first kappa shape index (κ1) is 18.6. The van der Waals surface area contributed by atoms with Gasteiger partial charge in [0.2, 0.25) is 11.8 Å². The van der Waals surface area contributed by atoms with Gasteiger partial charge in [0.15, 0.2) is 0 Å². The second-order valence-corrected chi connectivity index (χ2v) is 9.10. The van der Waals surface area contributed by atoms with Crippen LogP contribution in [0.5, 0.6) is 0 Å². The van der Waals surface area contributed by atoms with E-state index >= 15 is 0 Å². The maximum absolute atomic E-state index is 12.6. The number of hydrogen-bond donors (Lipinski definition) is 2. The molecule has 0 spiro atoms. The zero-order chi connectivity index (χ0) is 17.9. The Hall–Kier alpha value is -1.73. The van der Waals surface area contributed by atoms with Crippen LogP contribution in [0, 0.1) is 0 Å². The van der Waals surface area contributed by atoms with Gasteiger partial charge in [0.1, 0.15) is 17.0 Å². The molecule has 6 nitrogen and oxygen atoms in total. The van der Waals surface area contributed by atoms with Gasteiger partial charge in [0, 0.05) is 24.8 Å². The minimum Gasteiger partial charge on any atom is -0.326 e. The fourth-order valence-corrected chi connectivity index (χ4v) is 4.05. The summed E-state index contributed by atoms with van der Waals surface area (Å²) < 4.78 is 14.0. The van der Waals surface area contributed by atoms with E-state index in [4.69, 9.17) is 0 Å². The molecule has 2 amide bonds. The van der Waals surface area contributed by atoms with Gasteiger partial charge in [-0.2, -0.15) is 0 Å². The lowest BCUT2D eigenvalue weighted by atomic mass is 10.2. The second kappa shape index (κ2) is 7.44. The molecule has 132 valence electrons. The van der Waals surface area contributed by atoms with Crippen molar-refractivity contribution in [1.29, 1.82) is 0 Å². The van der Waals surface area contributed by atoms with Crippen LogP contribution in [0.3, 0.4) is 0 Å². The molecule has 1 aromatic rings. The van der Waals surface area contributed by atoms with Crippen molar-refractivity contribution in [1.82, 2.24) is 4.31 Å². The topological polar surface area (TPSA) is 78.5 Å². The SMILES string of the molecule is CC(=O)Nc1ccc(NC(=O)C2CCCN2S(=O)C(C)(C)C)cc1. The van der Waals surface area contributed by atoms with E-state index in [9.17, 15) is 13.8 Å². The van der Waals surface area contributed by atoms with Crippen LogP contribution >= 0.6 is 0 Å². The number of hydrogen-bond acceptors (Lipinski definition) is 3. The van der Waals surface area contributed by atoms with Gasteiger partial charge in [0.05, 0.1) is 4.75 Å². The standard InChI is InChI=1S/C17H25N3O3S/c1-12(21)18-13-7-9-14(10-8-13)19-16(22)15-6-5-11-20(15)24(23)17(2,3)4/h7-10,15H,5-6,11H2,1-4H3,(H,18,21)(H,19,22).